The SMILES string of the molecule is COC(=O)c1ccc(N2CCN(C)CC2)c(NC(=O)/C=C/c2ccc(-c3ccc(C)c(Cl)c3)o2)c1. The van der Waals surface area contributed by atoms with E-state index in [2.05, 4.69) is 22.2 Å². The van der Waals surface area contributed by atoms with E-state index in [-0.39, 0.29) is 5.91 Å². The molecule has 182 valence electrons. The van der Waals surface area contributed by atoms with E-state index in [4.69, 9.17) is 20.8 Å². The fraction of sp³-hybridized carbons (Fsp3) is 0.259. The van der Waals surface area contributed by atoms with Crippen molar-refractivity contribution in [3.05, 3.63) is 76.5 Å². The number of rotatable bonds is 6. The maximum Gasteiger partial charge on any atom is 0.337 e. The van der Waals surface area contributed by atoms with Gasteiger partial charge in [0.15, 0.2) is 0 Å². The molecular formula is C27H28ClN3O4. The van der Waals surface area contributed by atoms with Crippen molar-refractivity contribution >= 4 is 40.9 Å². The number of halogens is 1. The van der Waals surface area contributed by atoms with Crippen LogP contribution in [0.1, 0.15) is 21.7 Å². The van der Waals surface area contributed by atoms with Gasteiger partial charge in [0.2, 0.25) is 5.91 Å². The van der Waals surface area contributed by atoms with Gasteiger partial charge in [-0.05, 0) is 62.0 Å². The summed E-state index contributed by atoms with van der Waals surface area (Å²) in [5, 5.41) is 3.58. The molecule has 4 rings (SSSR count). The van der Waals surface area contributed by atoms with Crippen LogP contribution in [0.5, 0.6) is 0 Å². The molecule has 1 amide bonds. The first-order valence-electron chi connectivity index (χ1n) is 11.4. The van der Waals surface area contributed by atoms with Gasteiger partial charge in [0.05, 0.1) is 24.0 Å². The van der Waals surface area contributed by atoms with Crippen molar-refractivity contribution in [3.63, 3.8) is 0 Å². The maximum atomic E-state index is 12.8. The zero-order chi connectivity index (χ0) is 24.9. The number of carbonyl (C=O) groups is 2. The summed E-state index contributed by atoms with van der Waals surface area (Å²) in [6.07, 6.45) is 3.01. The lowest BCUT2D eigenvalue weighted by molar-refractivity contribution is -0.111. The predicted octanol–water partition coefficient (Wildman–Crippen LogP) is 5.10. The van der Waals surface area contributed by atoms with Crippen molar-refractivity contribution in [2.45, 2.75) is 6.92 Å². The van der Waals surface area contributed by atoms with Crippen molar-refractivity contribution in [1.29, 1.82) is 0 Å². The van der Waals surface area contributed by atoms with Crippen LogP contribution >= 0.6 is 11.6 Å². The first-order valence-corrected chi connectivity index (χ1v) is 11.7. The van der Waals surface area contributed by atoms with Crippen molar-refractivity contribution in [3.8, 4) is 11.3 Å². The Morgan fingerprint density at radius 1 is 1.06 bits per heavy atom. The molecule has 3 aromatic rings. The minimum Gasteiger partial charge on any atom is -0.465 e. The van der Waals surface area contributed by atoms with Gasteiger partial charge in [-0.2, -0.15) is 0 Å². The molecule has 1 saturated heterocycles. The predicted molar refractivity (Wildman–Crippen MR) is 139 cm³/mol. The summed E-state index contributed by atoms with van der Waals surface area (Å²) in [6, 6.07) is 14.6. The van der Waals surface area contributed by atoms with Gasteiger partial charge in [-0.25, -0.2) is 4.79 Å². The smallest absolute Gasteiger partial charge is 0.337 e. The largest absolute Gasteiger partial charge is 0.465 e. The molecule has 0 spiro atoms. The van der Waals surface area contributed by atoms with Crippen LogP contribution in [0, 0.1) is 6.92 Å². The molecule has 0 bridgehead atoms. The molecule has 7 nitrogen and oxygen atoms in total. The van der Waals surface area contributed by atoms with E-state index in [0.717, 1.165) is 43.0 Å². The number of benzene rings is 2. The normalized spacial score (nSPS) is 14.3. The Hall–Kier alpha value is -3.55. The van der Waals surface area contributed by atoms with Gasteiger partial charge in [-0.3, -0.25) is 4.79 Å². The number of piperazine rings is 1. The van der Waals surface area contributed by atoms with Crippen molar-refractivity contribution < 1.29 is 18.7 Å². The quantitative estimate of drug-likeness (QED) is 0.380. The third-order valence-electron chi connectivity index (χ3n) is 6.00. The summed E-state index contributed by atoms with van der Waals surface area (Å²) < 4.78 is 10.7. The molecule has 1 aliphatic heterocycles. The first-order chi connectivity index (χ1) is 16.8. The Morgan fingerprint density at radius 2 is 1.83 bits per heavy atom. The van der Waals surface area contributed by atoms with Gasteiger partial charge in [0, 0.05) is 42.8 Å². The average molecular weight is 494 g/mol. The highest BCUT2D eigenvalue weighted by Gasteiger charge is 2.19. The summed E-state index contributed by atoms with van der Waals surface area (Å²) in [5.41, 5.74) is 3.65. The number of aryl methyl sites for hydroxylation is 1. The van der Waals surface area contributed by atoms with E-state index in [1.54, 1.807) is 24.3 Å². The molecule has 0 atom stereocenters. The number of anilines is 2. The molecule has 2 heterocycles. The fourth-order valence-electron chi connectivity index (χ4n) is 3.88. The molecule has 0 saturated carbocycles. The number of hydrogen-bond donors (Lipinski definition) is 1. The highest BCUT2D eigenvalue weighted by Crippen LogP contribution is 2.29. The van der Waals surface area contributed by atoms with Crippen LogP contribution in [-0.4, -0.2) is 57.1 Å². The molecule has 0 unspecified atom stereocenters. The molecular weight excluding hydrogens is 466 g/mol. The minimum absolute atomic E-state index is 0.335. The van der Waals surface area contributed by atoms with Crippen molar-refractivity contribution in [2.75, 3.05) is 50.6 Å². The number of esters is 1. The molecule has 1 N–H and O–H groups in total. The van der Waals surface area contributed by atoms with Crippen LogP contribution in [0.2, 0.25) is 5.02 Å². The standard InChI is InChI=1S/C27H28ClN3O4/c1-18-4-5-19(16-22(18)28)25-10-7-21(35-25)8-11-26(32)29-23-17-20(27(33)34-3)6-9-24(23)31-14-12-30(2)13-15-31/h4-11,16-17H,12-15H2,1-3H3,(H,29,32)/b11-8+. The van der Waals surface area contributed by atoms with Crippen LogP contribution in [-0.2, 0) is 9.53 Å². The number of nitrogens with one attached hydrogen (secondary N) is 1. The van der Waals surface area contributed by atoms with Gasteiger partial charge in [0.1, 0.15) is 11.5 Å². The summed E-state index contributed by atoms with van der Waals surface area (Å²) in [4.78, 5) is 29.3. The summed E-state index contributed by atoms with van der Waals surface area (Å²) >= 11 is 6.22. The monoisotopic (exact) mass is 493 g/mol. The van der Waals surface area contributed by atoms with Gasteiger partial charge in [-0.1, -0.05) is 23.7 Å². The highest BCUT2D eigenvalue weighted by atomic mass is 35.5. The molecule has 1 aliphatic rings. The second-order valence-corrected chi connectivity index (χ2v) is 8.91. The molecule has 0 radical (unpaired) electrons. The second kappa shape index (κ2) is 10.8. The average Bonchev–Trinajstić information content (AvgIpc) is 3.34. The van der Waals surface area contributed by atoms with E-state index in [1.165, 1.54) is 13.2 Å². The summed E-state index contributed by atoms with van der Waals surface area (Å²) in [6.45, 7) is 5.42. The Kier molecular flexibility index (Phi) is 7.58. The van der Waals surface area contributed by atoms with Crippen LogP contribution in [0.3, 0.4) is 0 Å². The van der Waals surface area contributed by atoms with Crippen molar-refractivity contribution in [1.82, 2.24) is 4.90 Å². The molecule has 0 aliphatic carbocycles. The first kappa shape index (κ1) is 24.6. The zero-order valence-corrected chi connectivity index (χ0v) is 20.8. The Labute approximate surface area is 209 Å². The lowest BCUT2D eigenvalue weighted by atomic mass is 10.1. The number of ether oxygens (including phenoxy) is 1. The number of furan rings is 1. The third-order valence-corrected chi connectivity index (χ3v) is 6.41. The van der Waals surface area contributed by atoms with E-state index < -0.39 is 5.97 Å². The lowest BCUT2D eigenvalue weighted by Crippen LogP contribution is -2.44. The topological polar surface area (TPSA) is 75.0 Å². The summed E-state index contributed by atoms with van der Waals surface area (Å²) in [5.74, 6) is 0.406. The van der Waals surface area contributed by atoms with Crippen LogP contribution in [0.4, 0.5) is 11.4 Å². The summed E-state index contributed by atoms with van der Waals surface area (Å²) in [7, 11) is 3.42. The van der Waals surface area contributed by atoms with E-state index in [1.807, 2.05) is 37.3 Å². The number of likely N-dealkylation sites (N-methyl/N-ethyl adjacent to an activating group) is 1. The number of nitrogens with zero attached hydrogens (tertiary/aromatic N) is 2. The van der Waals surface area contributed by atoms with Gasteiger partial charge < -0.3 is 24.3 Å². The minimum atomic E-state index is -0.458. The Morgan fingerprint density at radius 3 is 2.54 bits per heavy atom. The highest BCUT2D eigenvalue weighted by molar-refractivity contribution is 6.31. The molecule has 1 fully saturated rings. The zero-order valence-electron chi connectivity index (χ0n) is 20.0. The fourth-order valence-corrected chi connectivity index (χ4v) is 4.06. The Bertz CT molecular complexity index is 1260. The maximum absolute atomic E-state index is 12.8. The molecule has 2 aromatic carbocycles. The second-order valence-electron chi connectivity index (χ2n) is 8.50. The molecule has 1 aromatic heterocycles. The van der Waals surface area contributed by atoms with E-state index in [0.29, 0.717) is 27.8 Å². The van der Waals surface area contributed by atoms with Gasteiger partial charge >= 0.3 is 5.97 Å². The number of methoxy groups -OCH3 is 1. The van der Waals surface area contributed by atoms with Crippen LogP contribution in [0.25, 0.3) is 17.4 Å². The Balaban J connectivity index is 1.51. The van der Waals surface area contributed by atoms with Gasteiger partial charge in [0.25, 0.3) is 0 Å². The number of carbonyl (C=O) groups excluding carboxylic acids is 2. The van der Waals surface area contributed by atoms with Crippen LogP contribution < -0.4 is 10.2 Å². The number of amides is 1. The van der Waals surface area contributed by atoms with E-state index in [9.17, 15) is 9.59 Å². The molecule has 8 heteroatoms. The lowest BCUT2D eigenvalue weighted by Gasteiger charge is -2.35. The molecule has 35 heavy (non-hydrogen) atoms. The van der Waals surface area contributed by atoms with Crippen molar-refractivity contribution in [2.24, 2.45) is 0 Å². The van der Waals surface area contributed by atoms with E-state index >= 15 is 0 Å². The van der Waals surface area contributed by atoms with Crippen LogP contribution in [0.15, 0.2) is 59.0 Å². The number of hydrogen-bond acceptors (Lipinski definition) is 6. The van der Waals surface area contributed by atoms with Gasteiger partial charge in [-0.15, -0.1) is 0 Å². The third kappa shape index (κ3) is 5.93.